The summed E-state index contributed by atoms with van der Waals surface area (Å²) in [5, 5.41) is 5.70. The molecule has 0 saturated heterocycles. The number of hydrogen-bond donors (Lipinski definition) is 1. The summed E-state index contributed by atoms with van der Waals surface area (Å²) in [6.45, 7) is 1.21. The van der Waals surface area contributed by atoms with Gasteiger partial charge in [-0.05, 0) is 36.4 Å². The van der Waals surface area contributed by atoms with Gasteiger partial charge in [-0.3, -0.25) is 5.43 Å². The zero-order valence-electron chi connectivity index (χ0n) is 14.4. The summed E-state index contributed by atoms with van der Waals surface area (Å²) in [6.07, 6.45) is 3.77. The van der Waals surface area contributed by atoms with E-state index in [4.69, 9.17) is 16.3 Å². The molecule has 2 aromatic carbocycles. The zero-order valence-corrected chi connectivity index (χ0v) is 16.0. The molecule has 2 heterocycles. The molecular formula is C20H17ClN4OS. The summed E-state index contributed by atoms with van der Waals surface area (Å²) in [7, 11) is 0. The van der Waals surface area contributed by atoms with Gasteiger partial charge in [-0.15, -0.1) is 0 Å². The standard InChI is InChI=1S/C20H17ClN4OS/c21-16-7-1-3-9-18(16)26-13-12-25-11-5-6-15(25)14-22-24-20-23-17-8-2-4-10-19(17)27-20/h1-11,14H,12-13H2,(H,23,24)/b22-14-. The van der Waals surface area contributed by atoms with E-state index in [0.717, 1.165) is 21.0 Å². The molecule has 0 fully saturated rings. The summed E-state index contributed by atoms with van der Waals surface area (Å²) in [5.41, 5.74) is 4.95. The molecular weight excluding hydrogens is 380 g/mol. The van der Waals surface area contributed by atoms with Crippen LogP contribution in [-0.2, 0) is 6.54 Å². The average molecular weight is 397 g/mol. The number of aromatic nitrogens is 2. The number of nitrogens with zero attached hydrogens (tertiary/aromatic N) is 3. The lowest BCUT2D eigenvalue weighted by Crippen LogP contribution is -2.10. The van der Waals surface area contributed by atoms with Gasteiger partial charge in [0, 0.05) is 6.20 Å². The normalized spacial score (nSPS) is 11.3. The predicted molar refractivity (Wildman–Crippen MR) is 112 cm³/mol. The molecule has 0 aliphatic carbocycles. The number of halogens is 1. The third kappa shape index (κ3) is 4.30. The molecule has 0 spiro atoms. The molecule has 5 nitrogen and oxygen atoms in total. The van der Waals surface area contributed by atoms with Crippen LogP contribution in [0.3, 0.4) is 0 Å². The van der Waals surface area contributed by atoms with Gasteiger partial charge in [0.25, 0.3) is 0 Å². The molecule has 0 unspecified atom stereocenters. The van der Waals surface area contributed by atoms with Crippen molar-refractivity contribution in [1.82, 2.24) is 9.55 Å². The van der Waals surface area contributed by atoms with Crippen molar-refractivity contribution in [2.24, 2.45) is 5.10 Å². The first-order valence-electron chi connectivity index (χ1n) is 8.47. The van der Waals surface area contributed by atoms with E-state index in [1.54, 1.807) is 17.6 Å². The number of ether oxygens (including phenoxy) is 1. The molecule has 136 valence electrons. The molecule has 7 heteroatoms. The van der Waals surface area contributed by atoms with Gasteiger partial charge in [-0.1, -0.05) is 47.2 Å². The smallest absolute Gasteiger partial charge is 0.204 e. The second-order valence-corrected chi connectivity index (χ2v) is 7.20. The Morgan fingerprint density at radius 2 is 1.96 bits per heavy atom. The quantitative estimate of drug-likeness (QED) is 0.341. The molecule has 27 heavy (non-hydrogen) atoms. The van der Waals surface area contributed by atoms with Crippen LogP contribution in [-0.4, -0.2) is 22.4 Å². The second kappa shape index (κ2) is 8.24. The van der Waals surface area contributed by atoms with E-state index in [1.807, 2.05) is 66.9 Å². The van der Waals surface area contributed by atoms with Gasteiger partial charge < -0.3 is 9.30 Å². The van der Waals surface area contributed by atoms with Crippen molar-refractivity contribution in [3.05, 3.63) is 77.6 Å². The highest BCUT2D eigenvalue weighted by Gasteiger charge is 2.03. The maximum Gasteiger partial charge on any atom is 0.204 e. The largest absolute Gasteiger partial charge is 0.490 e. The van der Waals surface area contributed by atoms with Crippen LogP contribution in [0.5, 0.6) is 5.75 Å². The van der Waals surface area contributed by atoms with E-state index < -0.39 is 0 Å². The number of fused-ring (bicyclic) bond motifs is 1. The highest BCUT2D eigenvalue weighted by Crippen LogP contribution is 2.25. The molecule has 0 bridgehead atoms. The summed E-state index contributed by atoms with van der Waals surface area (Å²) in [4.78, 5) is 4.50. The number of thiazole rings is 1. The molecule has 0 amide bonds. The van der Waals surface area contributed by atoms with Crippen molar-refractivity contribution in [2.75, 3.05) is 12.0 Å². The number of rotatable bonds is 7. The zero-order chi connectivity index (χ0) is 18.5. The van der Waals surface area contributed by atoms with Gasteiger partial charge in [0.2, 0.25) is 5.13 Å². The van der Waals surface area contributed by atoms with Gasteiger partial charge in [0.05, 0.1) is 33.7 Å². The van der Waals surface area contributed by atoms with E-state index in [1.165, 1.54) is 0 Å². The van der Waals surface area contributed by atoms with E-state index in [-0.39, 0.29) is 0 Å². The molecule has 0 saturated carbocycles. The van der Waals surface area contributed by atoms with Crippen LogP contribution in [0.15, 0.2) is 72.0 Å². The first-order chi connectivity index (χ1) is 13.3. The maximum absolute atomic E-state index is 6.11. The molecule has 4 aromatic rings. The highest BCUT2D eigenvalue weighted by atomic mass is 35.5. The Balaban J connectivity index is 1.35. The monoisotopic (exact) mass is 396 g/mol. The Hall–Kier alpha value is -2.83. The van der Waals surface area contributed by atoms with E-state index in [2.05, 4.69) is 20.1 Å². The Morgan fingerprint density at radius 1 is 1.11 bits per heavy atom. The number of anilines is 1. The first kappa shape index (κ1) is 17.6. The molecule has 0 radical (unpaired) electrons. The summed E-state index contributed by atoms with van der Waals surface area (Å²) < 4.78 is 8.96. The van der Waals surface area contributed by atoms with Crippen LogP contribution in [0.25, 0.3) is 10.2 Å². The summed E-state index contributed by atoms with van der Waals surface area (Å²) in [6, 6.07) is 19.5. The van der Waals surface area contributed by atoms with Crippen molar-refractivity contribution < 1.29 is 4.74 Å². The van der Waals surface area contributed by atoms with Crippen molar-refractivity contribution >= 4 is 44.5 Å². The third-order valence-electron chi connectivity index (χ3n) is 3.94. The maximum atomic E-state index is 6.11. The minimum Gasteiger partial charge on any atom is -0.490 e. The van der Waals surface area contributed by atoms with Crippen LogP contribution >= 0.6 is 22.9 Å². The molecule has 1 N–H and O–H groups in total. The number of hydrazone groups is 1. The van der Waals surface area contributed by atoms with Gasteiger partial charge in [0.15, 0.2) is 0 Å². The number of para-hydroxylation sites is 2. The van der Waals surface area contributed by atoms with Crippen LogP contribution in [0, 0.1) is 0 Å². The van der Waals surface area contributed by atoms with Crippen molar-refractivity contribution in [1.29, 1.82) is 0 Å². The van der Waals surface area contributed by atoms with E-state index in [9.17, 15) is 0 Å². The minimum atomic E-state index is 0.518. The fourth-order valence-electron chi connectivity index (χ4n) is 2.64. The van der Waals surface area contributed by atoms with Crippen molar-refractivity contribution in [2.45, 2.75) is 6.54 Å². The number of hydrogen-bond acceptors (Lipinski definition) is 5. The van der Waals surface area contributed by atoms with Gasteiger partial charge in [0.1, 0.15) is 12.4 Å². The van der Waals surface area contributed by atoms with Gasteiger partial charge >= 0.3 is 0 Å². The molecule has 0 aliphatic rings. The number of nitrogens with one attached hydrogen (secondary N) is 1. The Labute approximate surface area is 165 Å². The topological polar surface area (TPSA) is 51.4 Å². The lowest BCUT2D eigenvalue weighted by molar-refractivity contribution is 0.298. The lowest BCUT2D eigenvalue weighted by Gasteiger charge is -2.09. The van der Waals surface area contributed by atoms with Crippen LogP contribution < -0.4 is 10.2 Å². The number of benzene rings is 2. The van der Waals surface area contributed by atoms with E-state index in [0.29, 0.717) is 23.9 Å². The molecule has 0 aliphatic heterocycles. The van der Waals surface area contributed by atoms with Crippen molar-refractivity contribution in [3.63, 3.8) is 0 Å². The summed E-state index contributed by atoms with van der Waals surface area (Å²) in [5.74, 6) is 0.694. The van der Waals surface area contributed by atoms with Crippen molar-refractivity contribution in [3.8, 4) is 5.75 Å². The fraction of sp³-hybridized carbons (Fsp3) is 0.100. The fourth-order valence-corrected chi connectivity index (χ4v) is 3.64. The van der Waals surface area contributed by atoms with Crippen LogP contribution in [0.1, 0.15) is 5.69 Å². The molecule has 4 rings (SSSR count). The second-order valence-electron chi connectivity index (χ2n) is 5.76. The minimum absolute atomic E-state index is 0.518. The van der Waals surface area contributed by atoms with Gasteiger partial charge in [-0.25, -0.2) is 4.98 Å². The van der Waals surface area contributed by atoms with Gasteiger partial charge in [-0.2, -0.15) is 5.10 Å². The molecule has 0 atom stereocenters. The van der Waals surface area contributed by atoms with Crippen LogP contribution in [0.2, 0.25) is 5.02 Å². The van der Waals surface area contributed by atoms with Crippen LogP contribution in [0.4, 0.5) is 5.13 Å². The molecule has 2 aromatic heterocycles. The average Bonchev–Trinajstić information content (AvgIpc) is 3.30. The SMILES string of the molecule is Clc1ccccc1OCCn1cccc1/C=N\Nc1nc2ccccc2s1. The summed E-state index contributed by atoms with van der Waals surface area (Å²) >= 11 is 7.68. The predicted octanol–water partition coefficient (Wildman–Crippen LogP) is 5.28. The lowest BCUT2D eigenvalue weighted by atomic mass is 10.3. The third-order valence-corrected chi connectivity index (χ3v) is 5.20. The Kier molecular flexibility index (Phi) is 5.37. The van der Waals surface area contributed by atoms with E-state index >= 15 is 0 Å². The Bertz CT molecular complexity index is 1040. The highest BCUT2D eigenvalue weighted by molar-refractivity contribution is 7.22. The Morgan fingerprint density at radius 3 is 2.85 bits per heavy atom. The first-order valence-corrected chi connectivity index (χ1v) is 9.66.